The molecule has 1 nitrogen and oxygen atoms in total. The van der Waals surface area contributed by atoms with Gasteiger partial charge in [-0.05, 0) is 11.1 Å². The Morgan fingerprint density at radius 1 is 0.647 bits per heavy atom. The second kappa shape index (κ2) is 9.51. The fraction of sp³-hybridized carbons (Fsp3) is 0.143. The molecule has 0 spiro atoms. The maximum Gasteiger partial charge on any atom is 0.0208 e. The minimum absolute atomic E-state index is 0. The number of nitrogens with one attached hydrogen (secondary N) is 1. The van der Waals surface area contributed by atoms with E-state index in [0.29, 0.717) is 0 Å². The predicted octanol–water partition coefficient (Wildman–Crippen LogP) is 2.48. The molecule has 90 valence electrons. The molecule has 2 radical (unpaired) electrons. The van der Waals surface area contributed by atoms with E-state index in [2.05, 4.69) is 53.8 Å². The van der Waals surface area contributed by atoms with Gasteiger partial charge in [0.15, 0.2) is 0 Å². The number of hydrogen-bond acceptors (Lipinski definition) is 1. The second-order valence-corrected chi connectivity index (χ2v) is 3.57. The molecule has 0 fully saturated rings. The molecular weight excluding hydrogens is 336 g/mol. The first kappa shape index (κ1) is 16.5. The number of benzene rings is 2. The molecule has 0 heterocycles. The first-order valence-electron chi connectivity index (χ1n) is 5.24. The van der Waals surface area contributed by atoms with Crippen molar-refractivity contribution in [3.05, 3.63) is 71.8 Å². The summed E-state index contributed by atoms with van der Waals surface area (Å²) in [6.45, 7) is 1.85. The van der Waals surface area contributed by atoms with E-state index in [1.807, 2.05) is 12.1 Å². The zero-order valence-electron chi connectivity index (χ0n) is 9.80. The summed E-state index contributed by atoms with van der Waals surface area (Å²) in [5.41, 5.74) is 2.65. The van der Waals surface area contributed by atoms with Gasteiger partial charge in [0, 0.05) is 13.1 Å². The standard InChI is InChI=1S/C14H15N.ClH.Sn.2H/c1-3-7-13(8-4-1)11-15-12-14-9-5-2-6-10-14;;;;/h1-10,15H,11-12H2;1H;;;. The van der Waals surface area contributed by atoms with Crippen molar-refractivity contribution >= 4 is 36.3 Å². The second-order valence-electron chi connectivity index (χ2n) is 3.57. The van der Waals surface area contributed by atoms with Crippen LogP contribution in [0.2, 0.25) is 0 Å². The van der Waals surface area contributed by atoms with Gasteiger partial charge < -0.3 is 5.32 Å². The van der Waals surface area contributed by atoms with Crippen molar-refractivity contribution in [3.8, 4) is 0 Å². The van der Waals surface area contributed by atoms with Gasteiger partial charge >= 0.3 is 23.9 Å². The molecule has 0 aliphatic rings. The van der Waals surface area contributed by atoms with E-state index < -0.39 is 0 Å². The van der Waals surface area contributed by atoms with E-state index in [1.165, 1.54) is 11.1 Å². The molecule has 0 amide bonds. The van der Waals surface area contributed by atoms with Crippen molar-refractivity contribution in [1.82, 2.24) is 5.32 Å². The maximum absolute atomic E-state index is 3.42. The Kier molecular flexibility index (Phi) is 9.23. The van der Waals surface area contributed by atoms with Crippen molar-refractivity contribution in [2.24, 2.45) is 0 Å². The number of hydrogen-bond donors (Lipinski definition) is 1. The van der Waals surface area contributed by atoms with E-state index in [9.17, 15) is 0 Å². The third-order valence-electron chi connectivity index (χ3n) is 2.34. The van der Waals surface area contributed by atoms with Crippen molar-refractivity contribution in [1.29, 1.82) is 0 Å². The largest absolute Gasteiger partial charge is 0.309 e. The summed E-state index contributed by atoms with van der Waals surface area (Å²) in [4.78, 5) is 0. The van der Waals surface area contributed by atoms with Crippen LogP contribution in [0.3, 0.4) is 0 Å². The molecule has 0 aliphatic carbocycles. The van der Waals surface area contributed by atoms with Crippen LogP contribution < -0.4 is 5.32 Å². The normalized spacial score (nSPS) is 8.94. The van der Waals surface area contributed by atoms with Crippen LogP contribution in [0.15, 0.2) is 60.7 Å². The third-order valence-corrected chi connectivity index (χ3v) is 2.34. The van der Waals surface area contributed by atoms with Crippen molar-refractivity contribution in [2.45, 2.75) is 13.1 Å². The Labute approximate surface area is 126 Å². The summed E-state index contributed by atoms with van der Waals surface area (Å²) in [5.74, 6) is 0. The molecule has 0 saturated carbocycles. The topological polar surface area (TPSA) is 12.0 Å². The molecule has 3 heteroatoms. The van der Waals surface area contributed by atoms with Gasteiger partial charge in [0.05, 0.1) is 0 Å². The van der Waals surface area contributed by atoms with Gasteiger partial charge in [-0.15, -0.1) is 12.4 Å². The molecule has 0 bridgehead atoms. The Morgan fingerprint density at radius 3 is 1.35 bits per heavy atom. The van der Waals surface area contributed by atoms with Crippen LogP contribution in [-0.2, 0) is 13.1 Å². The monoisotopic (exact) mass is 355 g/mol. The van der Waals surface area contributed by atoms with Gasteiger partial charge in [0.25, 0.3) is 0 Å². The molecule has 2 aromatic rings. The fourth-order valence-electron chi connectivity index (χ4n) is 1.54. The first-order chi connectivity index (χ1) is 7.45. The zero-order valence-corrected chi connectivity index (χ0v) is 14.7. The van der Waals surface area contributed by atoms with Gasteiger partial charge in [-0.2, -0.15) is 0 Å². The minimum Gasteiger partial charge on any atom is -0.309 e. The van der Waals surface area contributed by atoms with Crippen LogP contribution in [0.4, 0.5) is 0 Å². The van der Waals surface area contributed by atoms with Crippen LogP contribution in [0.25, 0.3) is 0 Å². The number of rotatable bonds is 4. The van der Waals surface area contributed by atoms with Crippen molar-refractivity contribution in [3.63, 3.8) is 0 Å². The molecule has 2 aromatic carbocycles. The van der Waals surface area contributed by atoms with E-state index >= 15 is 0 Å². The third kappa shape index (κ3) is 6.10. The molecule has 0 atom stereocenters. The van der Waals surface area contributed by atoms with Crippen molar-refractivity contribution < 1.29 is 0 Å². The van der Waals surface area contributed by atoms with E-state index in [4.69, 9.17) is 0 Å². The summed E-state index contributed by atoms with van der Waals surface area (Å²) < 4.78 is 0. The molecule has 0 saturated heterocycles. The smallest absolute Gasteiger partial charge is 0.0208 e. The summed E-state index contributed by atoms with van der Waals surface area (Å²) in [7, 11) is 0. The van der Waals surface area contributed by atoms with Crippen LogP contribution >= 0.6 is 12.4 Å². The number of halogens is 1. The zero-order chi connectivity index (χ0) is 10.3. The minimum atomic E-state index is 0. The molecule has 2 rings (SSSR count). The Hall–Kier alpha value is -0.511. The van der Waals surface area contributed by atoms with Crippen LogP contribution in [0.1, 0.15) is 11.1 Å². The molecule has 0 unspecified atom stereocenters. The summed E-state index contributed by atoms with van der Waals surface area (Å²) in [6, 6.07) is 20.9. The van der Waals surface area contributed by atoms with Gasteiger partial charge in [0.1, 0.15) is 0 Å². The average molecular weight is 354 g/mol. The van der Waals surface area contributed by atoms with E-state index in [0.717, 1.165) is 13.1 Å². The molecular formula is C14H18ClNSn. The van der Waals surface area contributed by atoms with Crippen LogP contribution in [0.5, 0.6) is 0 Å². The van der Waals surface area contributed by atoms with E-state index in [-0.39, 0.29) is 36.3 Å². The van der Waals surface area contributed by atoms with Gasteiger partial charge in [-0.3, -0.25) is 0 Å². The SMILES string of the molecule is Cl.[SnH2].c1ccc(CNCc2ccccc2)cc1. The first-order valence-corrected chi connectivity index (χ1v) is 5.24. The summed E-state index contributed by atoms with van der Waals surface area (Å²) >= 11 is 0. The quantitative estimate of drug-likeness (QED) is 0.832. The maximum atomic E-state index is 3.42. The van der Waals surface area contributed by atoms with Crippen LogP contribution in [0, 0.1) is 0 Å². The Morgan fingerprint density at radius 2 is 1.00 bits per heavy atom. The average Bonchev–Trinajstić information content (AvgIpc) is 2.32. The molecule has 1 N–H and O–H groups in total. The summed E-state index contributed by atoms with van der Waals surface area (Å²) in [6.07, 6.45) is 0. The Balaban J connectivity index is 0.00000128. The molecule has 0 aromatic heterocycles. The van der Waals surface area contributed by atoms with Gasteiger partial charge in [-0.1, -0.05) is 60.7 Å². The molecule has 0 aliphatic heterocycles. The van der Waals surface area contributed by atoms with Crippen molar-refractivity contribution in [2.75, 3.05) is 0 Å². The molecule has 17 heavy (non-hydrogen) atoms. The Bertz CT molecular complexity index is 352. The van der Waals surface area contributed by atoms with E-state index in [1.54, 1.807) is 0 Å². The van der Waals surface area contributed by atoms with Crippen LogP contribution in [-0.4, -0.2) is 23.9 Å². The van der Waals surface area contributed by atoms with Gasteiger partial charge in [-0.25, -0.2) is 0 Å². The predicted molar refractivity (Wildman–Crippen MR) is 79.2 cm³/mol. The summed E-state index contributed by atoms with van der Waals surface area (Å²) in [5, 5.41) is 3.42. The fourth-order valence-corrected chi connectivity index (χ4v) is 1.54. The van der Waals surface area contributed by atoms with Gasteiger partial charge in [0.2, 0.25) is 0 Å².